The van der Waals surface area contributed by atoms with Crippen LogP contribution in [0.2, 0.25) is 0 Å². The summed E-state index contributed by atoms with van der Waals surface area (Å²) >= 11 is 0. The van der Waals surface area contributed by atoms with Crippen molar-refractivity contribution in [2.75, 3.05) is 0 Å². The van der Waals surface area contributed by atoms with Crippen molar-refractivity contribution < 1.29 is 48.8 Å². The Bertz CT molecular complexity index is 1080. The van der Waals surface area contributed by atoms with Crippen LogP contribution in [-0.2, 0) is 19.5 Å². The molecular formula is C26H18O6Zn. The maximum Gasteiger partial charge on any atom is 2.00 e. The number of benzene rings is 4. The van der Waals surface area contributed by atoms with Crippen LogP contribution in [-0.4, -0.2) is 11.9 Å². The third-order valence-corrected chi connectivity index (χ3v) is 4.16. The van der Waals surface area contributed by atoms with E-state index in [4.69, 9.17) is 9.47 Å². The Morgan fingerprint density at radius 1 is 0.485 bits per heavy atom. The predicted molar refractivity (Wildman–Crippen MR) is 115 cm³/mol. The topological polar surface area (TPSA) is 98.7 Å². The molecule has 4 rings (SSSR count). The van der Waals surface area contributed by atoms with E-state index in [0.717, 1.165) is 0 Å². The van der Waals surface area contributed by atoms with Gasteiger partial charge >= 0.3 is 19.5 Å². The number of hydrogen-bond donors (Lipinski definition) is 0. The van der Waals surface area contributed by atoms with E-state index in [1.807, 2.05) is 36.4 Å². The van der Waals surface area contributed by atoms with Gasteiger partial charge in [0.05, 0.1) is 11.9 Å². The van der Waals surface area contributed by atoms with Gasteiger partial charge in [0.25, 0.3) is 0 Å². The normalized spacial score (nSPS) is 9.45. The van der Waals surface area contributed by atoms with Gasteiger partial charge in [-0.05, 0) is 48.5 Å². The molecule has 0 saturated carbocycles. The Labute approximate surface area is 203 Å². The number of carboxylic acids is 2. The van der Waals surface area contributed by atoms with Crippen LogP contribution in [0.25, 0.3) is 0 Å². The first kappa shape index (κ1) is 25.3. The Morgan fingerprint density at radius 3 is 1.12 bits per heavy atom. The van der Waals surface area contributed by atoms with E-state index < -0.39 is 11.9 Å². The van der Waals surface area contributed by atoms with Crippen molar-refractivity contribution in [3.63, 3.8) is 0 Å². The number of aromatic carboxylic acids is 2. The number of ether oxygens (including phenoxy) is 2. The smallest absolute Gasteiger partial charge is 0.545 e. The van der Waals surface area contributed by atoms with Gasteiger partial charge in [-0.3, -0.25) is 0 Å². The van der Waals surface area contributed by atoms with Crippen molar-refractivity contribution in [1.29, 1.82) is 0 Å². The molecule has 160 valence electrons. The number of para-hydroxylation sites is 4. The van der Waals surface area contributed by atoms with Gasteiger partial charge in [0, 0.05) is 11.1 Å². The summed E-state index contributed by atoms with van der Waals surface area (Å²) < 4.78 is 10.9. The van der Waals surface area contributed by atoms with Crippen LogP contribution in [0.1, 0.15) is 20.7 Å². The summed E-state index contributed by atoms with van der Waals surface area (Å²) in [6.07, 6.45) is 0. The third-order valence-electron chi connectivity index (χ3n) is 4.16. The minimum Gasteiger partial charge on any atom is -0.545 e. The molecule has 0 amide bonds. The van der Waals surface area contributed by atoms with Gasteiger partial charge in [-0.2, -0.15) is 0 Å². The molecule has 0 aliphatic carbocycles. The van der Waals surface area contributed by atoms with Crippen molar-refractivity contribution >= 4 is 11.9 Å². The molecule has 6 nitrogen and oxygen atoms in total. The van der Waals surface area contributed by atoms with Crippen LogP contribution in [0.5, 0.6) is 23.0 Å². The van der Waals surface area contributed by atoms with Crippen molar-refractivity contribution in [3.8, 4) is 23.0 Å². The third kappa shape index (κ3) is 7.60. The first-order chi connectivity index (χ1) is 15.5. The second kappa shape index (κ2) is 12.8. The minimum atomic E-state index is -1.24. The number of hydrogen-bond acceptors (Lipinski definition) is 6. The van der Waals surface area contributed by atoms with Gasteiger partial charge in [-0.25, -0.2) is 0 Å². The van der Waals surface area contributed by atoms with Gasteiger partial charge in [0.1, 0.15) is 23.0 Å². The van der Waals surface area contributed by atoms with Gasteiger partial charge in [-0.1, -0.05) is 60.7 Å². The molecule has 0 fully saturated rings. The number of carbonyl (C=O) groups is 2. The van der Waals surface area contributed by atoms with Crippen molar-refractivity contribution in [2.45, 2.75) is 0 Å². The average Bonchev–Trinajstić information content (AvgIpc) is 2.81. The fourth-order valence-corrected chi connectivity index (χ4v) is 2.68. The van der Waals surface area contributed by atoms with Crippen LogP contribution in [0.4, 0.5) is 0 Å². The largest absolute Gasteiger partial charge is 2.00 e. The van der Waals surface area contributed by atoms with Crippen molar-refractivity contribution in [3.05, 3.63) is 120 Å². The molecule has 0 spiro atoms. The summed E-state index contributed by atoms with van der Waals surface area (Å²) in [5.74, 6) is -0.729. The van der Waals surface area contributed by atoms with Crippen LogP contribution in [0.15, 0.2) is 109 Å². The number of carboxylic acid groups (broad SMARTS) is 2. The van der Waals surface area contributed by atoms with Crippen LogP contribution < -0.4 is 19.7 Å². The molecule has 0 aromatic heterocycles. The maximum atomic E-state index is 10.8. The van der Waals surface area contributed by atoms with E-state index in [1.54, 1.807) is 60.7 Å². The summed E-state index contributed by atoms with van der Waals surface area (Å²) in [5.41, 5.74) is 0.0951. The molecule has 0 N–H and O–H groups in total. The molecule has 0 saturated heterocycles. The molecule has 4 aromatic rings. The number of rotatable bonds is 6. The minimum absolute atomic E-state index is 0. The predicted octanol–water partition coefficient (Wildman–Crippen LogP) is 3.68. The molecule has 0 aliphatic heterocycles. The van der Waals surface area contributed by atoms with Crippen LogP contribution >= 0.6 is 0 Å². The standard InChI is InChI=1S/2C13H10O3.Zn/c2*14-13(15)11-8-4-5-9-12(11)16-10-6-2-1-3-7-10;/h2*1-9H,(H,14,15);/q;;+2/p-2. The molecule has 0 bridgehead atoms. The van der Waals surface area contributed by atoms with Gasteiger partial charge < -0.3 is 29.3 Å². The van der Waals surface area contributed by atoms with E-state index in [2.05, 4.69) is 0 Å². The molecule has 0 unspecified atom stereocenters. The zero-order valence-electron chi connectivity index (χ0n) is 17.5. The molecular weight excluding hydrogens is 474 g/mol. The fourth-order valence-electron chi connectivity index (χ4n) is 2.68. The molecule has 0 aliphatic rings. The molecule has 0 heterocycles. The average molecular weight is 492 g/mol. The van der Waals surface area contributed by atoms with Gasteiger partial charge in [0.2, 0.25) is 0 Å². The number of carbonyl (C=O) groups excluding carboxylic acids is 2. The summed E-state index contributed by atoms with van der Waals surface area (Å²) in [6.45, 7) is 0. The second-order valence-electron chi connectivity index (χ2n) is 6.40. The van der Waals surface area contributed by atoms with E-state index in [9.17, 15) is 19.8 Å². The monoisotopic (exact) mass is 490 g/mol. The molecule has 0 atom stereocenters. The Balaban J connectivity index is 0.000000227. The Kier molecular flexibility index (Phi) is 9.81. The summed E-state index contributed by atoms with van der Waals surface area (Å²) in [7, 11) is 0. The van der Waals surface area contributed by atoms with E-state index >= 15 is 0 Å². The fraction of sp³-hybridized carbons (Fsp3) is 0. The summed E-state index contributed by atoms with van der Waals surface area (Å²) in [4.78, 5) is 21.6. The molecule has 4 aromatic carbocycles. The first-order valence-electron chi connectivity index (χ1n) is 9.61. The zero-order chi connectivity index (χ0) is 22.8. The first-order valence-corrected chi connectivity index (χ1v) is 9.61. The molecule has 0 radical (unpaired) electrons. The van der Waals surface area contributed by atoms with Crippen molar-refractivity contribution in [2.24, 2.45) is 0 Å². The Hall–Kier alpha value is -3.96. The van der Waals surface area contributed by atoms with E-state index in [0.29, 0.717) is 11.5 Å². The Morgan fingerprint density at radius 2 is 0.788 bits per heavy atom. The molecule has 33 heavy (non-hydrogen) atoms. The summed E-state index contributed by atoms with van der Waals surface area (Å²) in [6, 6.07) is 30.8. The summed E-state index contributed by atoms with van der Waals surface area (Å²) in [5, 5.41) is 21.6. The van der Waals surface area contributed by atoms with E-state index in [-0.39, 0.29) is 42.1 Å². The zero-order valence-corrected chi connectivity index (χ0v) is 20.5. The maximum absolute atomic E-state index is 10.8. The second-order valence-corrected chi connectivity index (χ2v) is 6.40. The van der Waals surface area contributed by atoms with E-state index in [1.165, 1.54) is 12.1 Å². The van der Waals surface area contributed by atoms with Crippen molar-refractivity contribution in [1.82, 2.24) is 0 Å². The van der Waals surface area contributed by atoms with Crippen LogP contribution in [0, 0.1) is 0 Å². The molecule has 7 heteroatoms. The SMILES string of the molecule is O=C([O-])c1ccccc1Oc1ccccc1.O=C([O-])c1ccccc1Oc1ccccc1.[Zn+2]. The van der Waals surface area contributed by atoms with Crippen LogP contribution in [0.3, 0.4) is 0 Å². The van der Waals surface area contributed by atoms with Gasteiger partial charge in [0.15, 0.2) is 0 Å². The quantitative estimate of drug-likeness (QED) is 0.382. The van der Waals surface area contributed by atoms with Gasteiger partial charge in [-0.15, -0.1) is 0 Å².